The van der Waals surface area contributed by atoms with Crippen LogP contribution in [0.25, 0.3) is 0 Å². The standard InChI is InChI=1S/C14H16ClNO5/c1-9(17)16-3-2-13(18)20-7-11-5-12(15)4-10-6-19-8-21-14(10)11/h4-5H,2-3,6-8H2,1H3,(H,16,17). The number of amides is 1. The van der Waals surface area contributed by atoms with E-state index in [2.05, 4.69) is 5.32 Å². The van der Waals surface area contributed by atoms with Crippen LogP contribution in [-0.2, 0) is 32.3 Å². The zero-order valence-electron chi connectivity index (χ0n) is 11.6. The number of carbonyl (C=O) groups excluding carboxylic acids is 2. The van der Waals surface area contributed by atoms with Crippen LogP contribution >= 0.6 is 11.6 Å². The van der Waals surface area contributed by atoms with Gasteiger partial charge < -0.3 is 19.5 Å². The molecule has 1 aromatic carbocycles. The fourth-order valence-electron chi connectivity index (χ4n) is 1.93. The lowest BCUT2D eigenvalue weighted by Gasteiger charge is -2.21. The van der Waals surface area contributed by atoms with Crippen molar-refractivity contribution in [3.05, 3.63) is 28.3 Å². The number of hydrogen-bond donors (Lipinski definition) is 1. The van der Waals surface area contributed by atoms with Crippen LogP contribution in [0.15, 0.2) is 12.1 Å². The fourth-order valence-corrected chi connectivity index (χ4v) is 2.20. The molecule has 2 rings (SSSR count). The first-order valence-corrected chi connectivity index (χ1v) is 6.86. The molecule has 0 fully saturated rings. The lowest BCUT2D eigenvalue weighted by molar-refractivity contribution is -0.144. The second kappa shape index (κ2) is 7.28. The molecule has 0 aromatic heterocycles. The topological polar surface area (TPSA) is 73.9 Å². The van der Waals surface area contributed by atoms with Gasteiger partial charge in [-0.1, -0.05) is 11.6 Å². The van der Waals surface area contributed by atoms with E-state index in [9.17, 15) is 9.59 Å². The first-order valence-electron chi connectivity index (χ1n) is 6.48. The molecule has 1 heterocycles. The van der Waals surface area contributed by atoms with Gasteiger partial charge in [0.25, 0.3) is 0 Å². The van der Waals surface area contributed by atoms with Gasteiger partial charge in [-0.3, -0.25) is 9.59 Å². The SMILES string of the molecule is CC(=O)NCCC(=O)OCc1cc(Cl)cc2c1OCOC2. The lowest BCUT2D eigenvalue weighted by atomic mass is 10.1. The van der Waals surface area contributed by atoms with Gasteiger partial charge in [0, 0.05) is 29.6 Å². The van der Waals surface area contributed by atoms with Gasteiger partial charge in [-0.25, -0.2) is 0 Å². The molecule has 0 spiro atoms. The van der Waals surface area contributed by atoms with Gasteiger partial charge in [0.2, 0.25) is 5.91 Å². The molecule has 1 N–H and O–H groups in total. The average molecular weight is 314 g/mol. The molecule has 0 radical (unpaired) electrons. The number of benzene rings is 1. The van der Waals surface area contributed by atoms with Crippen molar-refractivity contribution in [2.24, 2.45) is 0 Å². The number of rotatable bonds is 5. The molecule has 1 aromatic rings. The highest BCUT2D eigenvalue weighted by Crippen LogP contribution is 2.32. The predicted octanol–water partition coefficient (Wildman–Crippen LogP) is 1.78. The molecule has 6 nitrogen and oxygen atoms in total. The molecule has 1 aliphatic heterocycles. The molecule has 0 atom stereocenters. The van der Waals surface area contributed by atoms with E-state index in [4.69, 9.17) is 25.8 Å². The summed E-state index contributed by atoms with van der Waals surface area (Å²) in [4.78, 5) is 22.3. The third kappa shape index (κ3) is 4.61. The van der Waals surface area contributed by atoms with Crippen molar-refractivity contribution >= 4 is 23.5 Å². The Kier molecular flexibility index (Phi) is 5.41. The molecular weight excluding hydrogens is 298 g/mol. The van der Waals surface area contributed by atoms with Gasteiger partial charge in [0.15, 0.2) is 6.79 Å². The number of hydrogen-bond acceptors (Lipinski definition) is 5. The van der Waals surface area contributed by atoms with Crippen molar-refractivity contribution in [3.63, 3.8) is 0 Å². The zero-order chi connectivity index (χ0) is 15.2. The average Bonchev–Trinajstić information content (AvgIpc) is 2.44. The second-order valence-corrected chi connectivity index (χ2v) is 4.99. The summed E-state index contributed by atoms with van der Waals surface area (Å²) in [6, 6.07) is 3.46. The van der Waals surface area contributed by atoms with E-state index in [0.717, 1.165) is 5.56 Å². The monoisotopic (exact) mass is 313 g/mol. The molecule has 21 heavy (non-hydrogen) atoms. The Morgan fingerprint density at radius 2 is 2.24 bits per heavy atom. The fraction of sp³-hybridized carbons (Fsp3) is 0.429. The van der Waals surface area contributed by atoms with Crippen LogP contribution in [0.5, 0.6) is 5.75 Å². The summed E-state index contributed by atoms with van der Waals surface area (Å²) >= 11 is 6.02. The lowest BCUT2D eigenvalue weighted by Crippen LogP contribution is -2.23. The summed E-state index contributed by atoms with van der Waals surface area (Å²) in [5, 5.41) is 3.07. The Morgan fingerprint density at radius 3 is 3.00 bits per heavy atom. The minimum atomic E-state index is -0.399. The highest BCUT2D eigenvalue weighted by Gasteiger charge is 2.17. The molecule has 1 aliphatic rings. The van der Waals surface area contributed by atoms with Crippen LogP contribution < -0.4 is 10.1 Å². The number of fused-ring (bicyclic) bond motifs is 1. The minimum Gasteiger partial charge on any atom is -0.467 e. The Bertz CT molecular complexity index is 546. The van der Waals surface area contributed by atoms with E-state index in [1.165, 1.54) is 6.92 Å². The number of esters is 1. The minimum absolute atomic E-state index is 0.0712. The maximum Gasteiger partial charge on any atom is 0.307 e. The number of ether oxygens (including phenoxy) is 3. The van der Waals surface area contributed by atoms with Gasteiger partial charge in [-0.2, -0.15) is 0 Å². The second-order valence-electron chi connectivity index (χ2n) is 4.56. The quantitative estimate of drug-likeness (QED) is 0.839. The first-order chi connectivity index (χ1) is 10.1. The van der Waals surface area contributed by atoms with Crippen LogP contribution in [0, 0.1) is 0 Å². The predicted molar refractivity (Wildman–Crippen MR) is 74.8 cm³/mol. The summed E-state index contributed by atoms with van der Waals surface area (Å²) < 4.78 is 15.8. The van der Waals surface area contributed by atoms with Gasteiger partial charge in [-0.05, 0) is 12.1 Å². The summed E-state index contributed by atoms with van der Waals surface area (Å²) in [7, 11) is 0. The van der Waals surface area contributed by atoms with Crippen LogP contribution in [0.4, 0.5) is 0 Å². The van der Waals surface area contributed by atoms with Crippen LogP contribution in [0.2, 0.25) is 5.02 Å². The smallest absolute Gasteiger partial charge is 0.307 e. The Hall–Kier alpha value is -1.79. The molecule has 0 saturated heterocycles. The zero-order valence-corrected chi connectivity index (χ0v) is 12.4. The molecule has 0 bridgehead atoms. The van der Waals surface area contributed by atoms with Crippen molar-refractivity contribution in [2.45, 2.75) is 26.6 Å². The maximum atomic E-state index is 11.6. The summed E-state index contributed by atoms with van der Waals surface area (Å²) in [6.07, 6.45) is 0.117. The van der Waals surface area contributed by atoms with E-state index in [1.807, 2.05) is 0 Å². The van der Waals surface area contributed by atoms with Gasteiger partial charge >= 0.3 is 5.97 Å². The van der Waals surface area contributed by atoms with Crippen LogP contribution in [0.3, 0.4) is 0 Å². The summed E-state index contributed by atoms with van der Waals surface area (Å²) in [5.74, 6) is 0.0740. The Morgan fingerprint density at radius 1 is 1.43 bits per heavy atom. The third-order valence-electron chi connectivity index (χ3n) is 2.84. The van der Waals surface area contributed by atoms with E-state index in [1.54, 1.807) is 12.1 Å². The summed E-state index contributed by atoms with van der Waals surface area (Å²) in [6.45, 7) is 2.30. The molecule has 7 heteroatoms. The highest BCUT2D eigenvalue weighted by molar-refractivity contribution is 6.30. The molecular formula is C14H16ClNO5. The molecule has 0 aliphatic carbocycles. The number of carbonyl (C=O) groups is 2. The van der Waals surface area contributed by atoms with Crippen molar-refractivity contribution < 1.29 is 23.8 Å². The van der Waals surface area contributed by atoms with E-state index < -0.39 is 5.97 Å². The highest BCUT2D eigenvalue weighted by atomic mass is 35.5. The van der Waals surface area contributed by atoms with Crippen molar-refractivity contribution in [1.29, 1.82) is 0 Å². The van der Waals surface area contributed by atoms with E-state index in [-0.39, 0.29) is 32.3 Å². The van der Waals surface area contributed by atoms with Crippen molar-refractivity contribution in [1.82, 2.24) is 5.32 Å². The number of halogens is 1. The van der Waals surface area contributed by atoms with Gasteiger partial charge in [0.1, 0.15) is 12.4 Å². The van der Waals surface area contributed by atoms with Crippen molar-refractivity contribution in [2.75, 3.05) is 13.3 Å². The van der Waals surface area contributed by atoms with Crippen LogP contribution in [-0.4, -0.2) is 25.2 Å². The molecule has 1 amide bonds. The Balaban J connectivity index is 1.92. The molecule has 0 saturated carbocycles. The Labute approximate surface area is 127 Å². The number of nitrogens with one attached hydrogen (secondary N) is 1. The maximum absolute atomic E-state index is 11.6. The van der Waals surface area contributed by atoms with Crippen molar-refractivity contribution in [3.8, 4) is 5.75 Å². The van der Waals surface area contributed by atoms with Gasteiger partial charge in [0.05, 0.1) is 13.0 Å². The van der Waals surface area contributed by atoms with Crippen LogP contribution in [0.1, 0.15) is 24.5 Å². The van der Waals surface area contributed by atoms with E-state index >= 15 is 0 Å². The molecule has 0 unspecified atom stereocenters. The summed E-state index contributed by atoms with van der Waals surface area (Å²) in [5.41, 5.74) is 1.53. The van der Waals surface area contributed by atoms with E-state index in [0.29, 0.717) is 22.9 Å². The largest absolute Gasteiger partial charge is 0.467 e. The normalized spacial score (nSPS) is 13.0. The van der Waals surface area contributed by atoms with Gasteiger partial charge in [-0.15, -0.1) is 0 Å². The first kappa shape index (κ1) is 15.6. The molecule has 114 valence electrons. The third-order valence-corrected chi connectivity index (χ3v) is 3.06.